The van der Waals surface area contributed by atoms with Crippen LogP contribution in [0.2, 0.25) is 0 Å². The number of carbonyl (C=O) groups excluding carboxylic acids is 1. The molecule has 0 unspecified atom stereocenters. The lowest BCUT2D eigenvalue weighted by Crippen LogP contribution is -2.06. The average molecular weight is 150 g/mol. The van der Waals surface area contributed by atoms with Gasteiger partial charge in [0.2, 0.25) is 5.91 Å². The summed E-state index contributed by atoms with van der Waals surface area (Å²) in [6.45, 7) is 4.56. The van der Waals surface area contributed by atoms with E-state index < -0.39 is 0 Å². The zero-order valence-corrected chi connectivity index (χ0v) is 6.64. The molecule has 1 aromatic rings. The summed E-state index contributed by atoms with van der Waals surface area (Å²) >= 11 is 0. The Bertz CT molecular complexity index is 325. The lowest BCUT2D eigenvalue weighted by Gasteiger charge is -1.96. The molecule has 1 aliphatic heterocycles. The lowest BCUT2D eigenvalue weighted by molar-refractivity contribution is -0.115. The number of aryl methyl sites for hydroxylation is 1. The van der Waals surface area contributed by atoms with Crippen molar-refractivity contribution in [1.82, 2.24) is 4.57 Å². The molecule has 0 saturated heterocycles. The number of amides is 1. The fourth-order valence-corrected chi connectivity index (χ4v) is 1.41. The molecule has 3 heteroatoms. The van der Waals surface area contributed by atoms with Crippen LogP contribution in [0.5, 0.6) is 0 Å². The fourth-order valence-electron chi connectivity index (χ4n) is 1.41. The van der Waals surface area contributed by atoms with Crippen molar-refractivity contribution in [3.63, 3.8) is 0 Å². The minimum atomic E-state index is 0.0862. The average Bonchev–Trinajstić information content (AvgIpc) is 2.37. The van der Waals surface area contributed by atoms with Crippen LogP contribution in [0.3, 0.4) is 0 Å². The van der Waals surface area contributed by atoms with Crippen molar-refractivity contribution in [2.45, 2.75) is 20.4 Å². The van der Waals surface area contributed by atoms with Crippen LogP contribution in [0.15, 0.2) is 6.07 Å². The van der Waals surface area contributed by atoms with Crippen LogP contribution in [0.4, 0.5) is 5.82 Å². The molecule has 0 atom stereocenters. The predicted molar refractivity (Wildman–Crippen MR) is 42.5 cm³/mol. The van der Waals surface area contributed by atoms with E-state index in [1.807, 2.05) is 24.5 Å². The van der Waals surface area contributed by atoms with Crippen LogP contribution < -0.4 is 5.32 Å². The smallest absolute Gasteiger partial charge is 0.245 e. The van der Waals surface area contributed by atoms with Crippen LogP contribution in [-0.2, 0) is 11.3 Å². The topological polar surface area (TPSA) is 34.0 Å². The molecule has 0 spiro atoms. The van der Waals surface area contributed by atoms with E-state index in [9.17, 15) is 4.79 Å². The molecule has 0 aromatic carbocycles. The van der Waals surface area contributed by atoms with Crippen molar-refractivity contribution >= 4 is 11.7 Å². The SMILES string of the molecule is Cc1cc2n(c1C)CC(=O)N2. The largest absolute Gasteiger partial charge is 0.322 e. The van der Waals surface area contributed by atoms with Crippen molar-refractivity contribution in [3.05, 3.63) is 17.3 Å². The highest BCUT2D eigenvalue weighted by Gasteiger charge is 2.19. The molecular weight excluding hydrogens is 140 g/mol. The molecule has 1 amide bonds. The zero-order valence-electron chi connectivity index (χ0n) is 6.64. The van der Waals surface area contributed by atoms with Crippen LogP contribution in [0, 0.1) is 13.8 Å². The quantitative estimate of drug-likeness (QED) is 0.589. The summed E-state index contributed by atoms with van der Waals surface area (Å²) in [5, 5.41) is 2.78. The molecule has 11 heavy (non-hydrogen) atoms. The molecule has 0 saturated carbocycles. The van der Waals surface area contributed by atoms with Gasteiger partial charge in [-0.05, 0) is 25.5 Å². The standard InChI is InChI=1S/C8H10N2O/c1-5-3-7-9-8(11)4-10(7)6(5)2/h3H,4H2,1-2H3,(H,9,11). The van der Waals surface area contributed by atoms with E-state index in [0.29, 0.717) is 6.54 Å². The van der Waals surface area contributed by atoms with Gasteiger partial charge in [0.1, 0.15) is 12.4 Å². The number of anilines is 1. The van der Waals surface area contributed by atoms with Crippen molar-refractivity contribution in [2.75, 3.05) is 5.32 Å². The number of aromatic nitrogens is 1. The first-order valence-electron chi connectivity index (χ1n) is 3.65. The van der Waals surface area contributed by atoms with E-state index in [-0.39, 0.29) is 5.91 Å². The first-order chi connectivity index (χ1) is 5.18. The summed E-state index contributed by atoms with van der Waals surface area (Å²) < 4.78 is 2.00. The minimum absolute atomic E-state index is 0.0862. The number of carbonyl (C=O) groups is 1. The number of nitrogens with one attached hydrogen (secondary N) is 1. The second kappa shape index (κ2) is 1.87. The van der Waals surface area contributed by atoms with Crippen LogP contribution in [0.1, 0.15) is 11.3 Å². The lowest BCUT2D eigenvalue weighted by atomic mass is 10.3. The molecule has 3 nitrogen and oxygen atoms in total. The molecule has 0 aliphatic carbocycles. The van der Waals surface area contributed by atoms with Gasteiger partial charge in [-0.1, -0.05) is 0 Å². The molecular formula is C8H10N2O. The maximum absolute atomic E-state index is 10.9. The summed E-state index contributed by atoms with van der Waals surface area (Å²) in [6, 6.07) is 2.00. The van der Waals surface area contributed by atoms with E-state index in [0.717, 1.165) is 5.82 Å². The third kappa shape index (κ3) is 0.770. The Morgan fingerprint density at radius 2 is 2.27 bits per heavy atom. The molecule has 0 radical (unpaired) electrons. The van der Waals surface area contributed by atoms with Gasteiger partial charge in [0.15, 0.2) is 0 Å². The molecule has 0 fully saturated rings. The molecule has 1 aliphatic rings. The van der Waals surface area contributed by atoms with Crippen molar-refractivity contribution < 1.29 is 4.79 Å². The molecule has 2 rings (SSSR count). The van der Waals surface area contributed by atoms with Gasteiger partial charge in [0.05, 0.1) is 0 Å². The highest BCUT2D eigenvalue weighted by atomic mass is 16.2. The zero-order chi connectivity index (χ0) is 8.01. The highest BCUT2D eigenvalue weighted by molar-refractivity contribution is 5.94. The number of rotatable bonds is 0. The van der Waals surface area contributed by atoms with Crippen LogP contribution >= 0.6 is 0 Å². The molecule has 2 heterocycles. The van der Waals surface area contributed by atoms with Crippen molar-refractivity contribution in [2.24, 2.45) is 0 Å². The Hall–Kier alpha value is -1.25. The Labute approximate surface area is 65.0 Å². The Morgan fingerprint density at radius 3 is 2.91 bits per heavy atom. The van der Waals surface area contributed by atoms with Crippen LogP contribution in [-0.4, -0.2) is 10.5 Å². The minimum Gasteiger partial charge on any atom is -0.322 e. The number of hydrogen-bond donors (Lipinski definition) is 1. The predicted octanol–water partition coefficient (Wildman–Crippen LogP) is 1.06. The molecule has 1 N–H and O–H groups in total. The number of nitrogens with zero attached hydrogens (tertiary/aromatic N) is 1. The Kier molecular flexibility index (Phi) is 1.10. The van der Waals surface area contributed by atoms with E-state index in [4.69, 9.17) is 0 Å². The first-order valence-corrected chi connectivity index (χ1v) is 3.65. The van der Waals surface area contributed by atoms with E-state index >= 15 is 0 Å². The van der Waals surface area contributed by atoms with Crippen LogP contribution in [0.25, 0.3) is 0 Å². The second-order valence-electron chi connectivity index (χ2n) is 2.93. The van der Waals surface area contributed by atoms with Gasteiger partial charge in [-0.3, -0.25) is 4.79 Å². The third-order valence-electron chi connectivity index (χ3n) is 2.19. The summed E-state index contributed by atoms with van der Waals surface area (Å²) in [5.74, 6) is 1.02. The fraction of sp³-hybridized carbons (Fsp3) is 0.375. The van der Waals surface area contributed by atoms with Gasteiger partial charge < -0.3 is 9.88 Å². The first kappa shape index (κ1) is 6.46. The number of hydrogen-bond acceptors (Lipinski definition) is 1. The molecule has 0 bridgehead atoms. The van der Waals surface area contributed by atoms with E-state index in [2.05, 4.69) is 5.32 Å². The van der Waals surface area contributed by atoms with Gasteiger partial charge in [0.25, 0.3) is 0 Å². The van der Waals surface area contributed by atoms with Crippen molar-refractivity contribution in [3.8, 4) is 0 Å². The highest BCUT2D eigenvalue weighted by Crippen LogP contribution is 2.22. The van der Waals surface area contributed by atoms with E-state index in [1.54, 1.807) is 0 Å². The summed E-state index contributed by atoms with van der Waals surface area (Å²) in [6.07, 6.45) is 0. The Balaban J connectivity index is 2.56. The van der Waals surface area contributed by atoms with E-state index in [1.165, 1.54) is 11.3 Å². The van der Waals surface area contributed by atoms with Gasteiger partial charge >= 0.3 is 0 Å². The van der Waals surface area contributed by atoms with Gasteiger partial charge in [-0.25, -0.2) is 0 Å². The summed E-state index contributed by atoms with van der Waals surface area (Å²) in [7, 11) is 0. The normalized spacial score (nSPS) is 14.9. The maximum Gasteiger partial charge on any atom is 0.245 e. The Morgan fingerprint density at radius 1 is 1.55 bits per heavy atom. The van der Waals surface area contributed by atoms with Gasteiger partial charge in [0, 0.05) is 5.69 Å². The van der Waals surface area contributed by atoms with Crippen molar-refractivity contribution in [1.29, 1.82) is 0 Å². The monoisotopic (exact) mass is 150 g/mol. The summed E-state index contributed by atoms with van der Waals surface area (Å²) in [4.78, 5) is 10.9. The number of fused-ring (bicyclic) bond motifs is 1. The third-order valence-corrected chi connectivity index (χ3v) is 2.19. The van der Waals surface area contributed by atoms with Gasteiger partial charge in [-0.2, -0.15) is 0 Å². The molecule has 58 valence electrons. The van der Waals surface area contributed by atoms with Gasteiger partial charge in [-0.15, -0.1) is 0 Å². The maximum atomic E-state index is 10.9. The summed E-state index contributed by atoms with van der Waals surface area (Å²) in [5.41, 5.74) is 2.42. The molecule has 1 aromatic heterocycles. The second-order valence-corrected chi connectivity index (χ2v) is 2.93.